The highest BCUT2D eigenvalue weighted by Gasteiger charge is 2.04. The zero-order valence-corrected chi connectivity index (χ0v) is 7.81. The summed E-state index contributed by atoms with van der Waals surface area (Å²) in [6, 6.07) is 4.92. The Morgan fingerprint density at radius 3 is 2.17 bits per heavy atom. The molecule has 0 saturated carbocycles. The average Bonchev–Trinajstić information content (AvgIpc) is 2.01. The summed E-state index contributed by atoms with van der Waals surface area (Å²) in [7, 11) is 0. The molecule has 0 heterocycles. The van der Waals surface area contributed by atoms with Crippen molar-refractivity contribution in [2.24, 2.45) is 0 Å². The van der Waals surface area contributed by atoms with E-state index in [1.807, 2.05) is 0 Å². The highest BCUT2D eigenvalue weighted by atomic mass is 35.5. The van der Waals surface area contributed by atoms with Crippen LogP contribution in [0.1, 0.15) is 11.7 Å². The number of halogens is 2. The second-order valence-corrected chi connectivity index (χ2v) is 3.26. The maximum atomic E-state index is 9.34. The molecule has 0 radical (unpaired) electrons. The smallest absolute Gasteiger partial charge is 0.0970 e. The van der Waals surface area contributed by atoms with Gasteiger partial charge in [0.05, 0.1) is 6.10 Å². The predicted octanol–water partition coefficient (Wildman–Crippen LogP) is 3.21. The van der Waals surface area contributed by atoms with Gasteiger partial charge >= 0.3 is 0 Å². The van der Waals surface area contributed by atoms with Crippen LogP contribution < -0.4 is 0 Å². The van der Waals surface area contributed by atoms with Crippen LogP contribution in [0.2, 0.25) is 10.0 Å². The fraction of sp³-hybridized carbons (Fsp3) is 0.111. The second-order valence-electron chi connectivity index (χ2n) is 2.38. The van der Waals surface area contributed by atoms with Crippen molar-refractivity contribution in [2.75, 3.05) is 0 Å². The maximum Gasteiger partial charge on any atom is 0.0970 e. The summed E-state index contributed by atoms with van der Waals surface area (Å²) in [5.74, 6) is 0. The maximum absolute atomic E-state index is 9.34. The summed E-state index contributed by atoms with van der Waals surface area (Å²) >= 11 is 11.4. The molecule has 3 heteroatoms. The van der Waals surface area contributed by atoms with E-state index in [-0.39, 0.29) is 0 Å². The number of benzene rings is 1. The Morgan fingerprint density at radius 2 is 1.75 bits per heavy atom. The fourth-order valence-corrected chi connectivity index (χ4v) is 1.42. The summed E-state index contributed by atoms with van der Waals surface area (Å²) in [5.41, 5.74) is 0.655. The van der Waals surface area contributed by atoms with Crippen molar-refractivity contribution < 1.29 is 5.11 Å². The van der Waals surface area contributed by atoms with Crippen molar-refractivity contribution in [3.05, 3.63) is 46.5 Å². The third kappa shape index (κ3) is 2.24. The van der Waals surface area contributed by atoms with E-state index in [2.05, 4.69) is 6.58 Å². The van der Waals surface area contributed by atoms with Crippen LogP contribution in [0.4, 0.5) is 0 Å². The van der Waals surface area contributed by atoms with Gasteiger partial charge in [-0.1, -0.05) is 29.3 Å². The van der Waals surface area contributed by atoms with Gasteiger partial charge in [-0.3, -0.25) is 0 Å². The van der Waals surface area contributed by atoms with Crippen molar-refractivity contribution in [3.8, 4) is 0 Å². The lowest BCUT2D eigenvalue weighted by Gasteiger charge is -2.05. The summed E-state index contributed by atoms with van der Waals surface area (Å²) in [6.07, 6.45) is 0.711. The van der Waals surface area contributed by atoms with Gasteiger partial charge in [-0.15, -0.1) is 6.58 Å². The van der Waals surface area contributed by atoms with Gasteiger partial charge in [0.25, 0.3) is 0 Å². The molecule has 0 amide bonds. The molecule has 0 bridgehead atoms. The lowest BCUT2D eigenvalue weighted by Crippen LogP contribution is -1.91. The number of hydrogen-bond acceptors (Lipinski definition) is 1. The molecule has 12 heavy (non-hydrogen) atoms. The number of hydrogen-bond donors (Lipinski definition) is 1. The molecule has 0 aliphatic carbocycles. The van der Waals surface area contributed by atoms with Gasteiger partial charge in [-0.05, 0) is 23.8 Å². The molecule has 1 atom stereocenters. The minimum absolute atomic E-state index is 0.512. The van der Waals surface area contributed by atoms with Crippen molar-refractivity contribution >= 4 is 23.2 Å². The summed E-state index contributed by atoms with van der Waals surface area (Å²) < 4.78 is 0. The minimum atomic E-state index is -0.707. The Kier molecular flexibility index (Phi) is 3.15. The van der Waals surface area contributed by atoms with Crippen LogP contribution in [0.3, 0.4) is 0 Å². The summed E-state index contributed by atoms with van der Waals surface area (Å²) in [5, 5.41) is 10.4. The Hall–Kier alpha value is -0.500. The molecule has 1 unspecified atom stereocenters. The fourth-order valence-electron chi connectivity index (χ4n) is 0.882. The molecule has 0 aromatic heterocycles. The highest BCUT2D eigenvalue weighted by Crippen LogP contribution is 2.23. The average molecular weight is 203 g/mol. The lowest BCUT2D eigenvalue weighted by atomic mass is 10.1. The Bertz CT molecular complexity index is 276. The molecular weight excluding hydrogens is 195 g/mol. The minimum Gasteiger partial charge on any atom is -0.384 e. The molecule has 1 rings (SSSR count). The van der Waals surface area contributed by atoms with E-state index in [4.69, 9.17) is 23.2 Å². The Morgan fingerprint density at radius 1 is 1.25 bits per heavy atom. The number of aliphatic hydroxyl groups excluding tert-OH is 1. The zero-order chi connectivity index (χ0) is 9.14. The topological polar surface area (TPSA) is 20.2 Å². The molecular formula is C9H8Cl2O. The largest absolute Gasteiger partial charge is 0.384 e. The molecule has 0 saturated heterocycles. The molecule has 0 aliphatic rings. The van der Waals surface area contributed by atoms with Crippen LogP contribution in [-0.2, 0) is 0 Å². The molecule has 0 spiro atoms. The molecule has 64 valence electrons. The predicted molar refractivity (Wildman–Crippen MR) is 51.6 cm³/mol. The van der Waals surface area contributed by atoms with E-state index in [1.165, 1.54) is 6.08 Å². The molecule has 1 aromatic carbocycles. The second kappa shape index (κ2) is 3.94. The van der Waals surface area contributed by atoms with E-state index in [1.54, 1.807) is 18.2 Å². The van der Waals surface area contributed by atoms with Gasteiger partial charge in [-0.2, -0.15) is 0 Å². The van der Waals surface area contributed by atoms with E-state index in [0.29, 0.717) is 15.6 Å². The Balaban J connectivity index is 3.08. The third-order valence-electron chi connectivity index (χ3n) is 1.45. The Labute approximate surface area is 81.2 Å². The number of aliphatic hydroxyl groups is 1. The van der Waals surface area contributed by atoms with Gasteiger partial charge in [0.1, 0.15) is 0 Å². The monoisotopic (exact) mass is 202 g/mol. The quantitative estimate of drug-likeness (QED) is 0.731. The van der Waals surface area contributed by atoms with Crippen molar-refractivity contribution in [1.82, 2.24) is 0 Å². The summed E-state index contributed by atoms with van der Waals surface area (Å²) in [4.78, 5) is 0. The van der Waals surface area contributed by atoms with Gasteiger partial charge in [0.15, 0.2) is 0 Å². The van der Waals surface area contributed by atoms with Gasteiger partial charge in [-0.25, -0.2) is 0 Å². The van der Waals surface area contributed by atoms with Gasteiger partial charge in [0.2, 0.25) is 0 Å². The van der Waals surface area contributed by atoms with Crippen LogP contribution >= 0.6 is 23.2 Å². The van der Waals surface area contributed by atoms with Gasteiger partial charge < -0.3 is 5.11 Å². The van der Waals surface area contributed by atoms with E-state index in [9.17, 15) is 5.11 Å². The molecule has 0 fully saturated rings. The standard InChI is InChI=1S/C9H8Cl2O/c1-2-9(12)6-3-7(10)5-8(11)4-6/h2-5,9,12H,1H2. The number of rotatable bonds is 2. The first-order valence-electron chi connectivity index (χ1n) is 3.40. The van der Waals surface area contributed by atoms with Crippen molar-refractivity contribution in [3.63, 3.8) is 0 Å². The van der Waals surface area contributed by atoms with Crippen LogP contribution in [-0.4, -0.2) is 5.11 Å². The zero-order valence-electron chi connectivity index (χ0n) is 6.30. The molecule has 0 aliphatic heterocycles. The first-order chi connectivity index (χ1) is 5.63. The normalized spacial score (nSPS) is 12.6. The SMILES string of the molecule is C=CC(O)c1cc(Cl)cc(Cl)c1. The van der Waals surface area contributed by atoms with Crippen LogP contribution in [0.5, 0.6) is 0 Å². The summed E-state index contributed by atoms with van der Waals surface area (Å²) in [6.45, 7) is 3.46. The van der Waals surface area contributed by atoms with E-state index >= 15 is 0 Å². The lowest BCUT2D eigenvalue weighted by molar-refractivity contribution is 0.229. The van der Waals surface area contributed by atoms with Crippen molar-refractivity contribution in [2.45, 2.75) is 6.10 Å². The third-order valence-corrected chi connectivity index (χ3v) is 1.89. The van der Waals surface area contributed by atoms with Gasteiger partial charge in [0, 0.05) is 10.0 Å². The van der Waals surface area contributed by atoms with E-state index < -0.39 is 6.10 Å². The highest BCUT2D eigenvalue weighted by molar-refractivity contribution is 6.34. The first kappa shape index (κ1) is 9.59. The van der Waals surface area contributed by atoms with E-state index in [0.717, 1.165) is 0 Å². The molecule has 1 nitrogen and oxygen atoms in total. The first-order valence-corrected chi connectivity index (χ1v) is 4.15. The van der Waals surface area contributed by atoms with Crippen molar-refractivity contribution in [1.29, 1.82) is 0 Å². The molecule has 1 aromatic rings. The van der Waals surface area contributed by atoms with Crippen LogP contribution in [0, 0.1) is 0 Å². The van der Waals surface area contributed by atoms with Crippen LogP contribution in [0.15, 0.2) is 30.9 Å². The molecule has 1 N–H and O–H groups in total. The van der Waals surface area contributed by atoms with Crippen LogP contribution in [0.25, 0.3) is 0 Å².